The summed E-state index contributed by atoms with van der Waals surface area (Å²) in [6.07, 6.45) is -10.4. The molecule has 0 aliphatic heterocycles. The molecule has 0 spiro atoms. The molecule has 2 amide bonds. The van der Waals surface area contributed by atoms with Gasteiger partial charge in [-0.25, -0.2) is 14.6 Å². The number of benzene rings is 1. The summed E-state index contributed by atoms with van der Waals surface area (Å²) in [6, 6.07) is 2.67. The molecular formula is C25H31F6N7O2. The molecule has 220 valence electrons. The van der Waals surface area contributed by atoms with E-state index in [-0.39, 0.29) is 17.7 Å². The van der Waals surface area contributed by atoms with E-state index in [4.69, 9.17) is 0 Å². The summed E-state index contributed by atoms with van der Waals surface area (Å²) in [4.78, 5) is 36.3. The van der Waals surface area contributed by atoms with Crippen LogP contribution in [0.2, 0.25) is 0 Å². The number of hydrogen-bond acceptors (Lipinski definition) is 5. The van der Waals surface area contributed by atoms with E-state index in [9.17, 15) is 35.9 Å². The fourth-order valence-electron chi connectivity index (χ4n) is 3.98. The van der Waals surface area contributed by atoms with Crippen LogP contribution < -0.4 is 10.6 Å². The number of alkyl halides is 6. The molecule has 2 atom stereocenters. The van der Waals surface area contributed by atoms with Gasteiger partial charge in [0.1, 0.15) is 12.2 Å². The minimum atomic E-state index is -4.58. The number of nitrogens with one attached hydrogen (secondary N) is 3. The van der Waals surface area contributed by atoms with Gasteiger partial charge in [0, 0.05) is 12.5 Å². The first-order chi connectivity index (χ1) is 18.4. The molecule has 0 saturated carbocycles. The Morgan fingerprint density at radius 2 is 1.73 bits per heavy atom. The second kappa shape index (κ2) is 11.5. The van der Waals surface area contributed by atoms with Crippen LogP contribution in [0.4, 0.5) is 26.3 Å². The predicted octanol–water partition coefficient (Wildman–Crippen LogP) is 5.70. The molecule has 0 aliphatic carbocycles. The lowest BCUT2D eigenvalue weighted by Crippen LogP contribution is -2.39. The highest BCUT2D eigenvalue weighted by atomic mass is 19.4. The Labute approximate surface area is 226 Å². The lowest BCUT2D eigenvalue weighted by Gasteiger charge is -2.31. The third kappa shape index (κ3) is 7.50. The van der Waals surface area contributed by atoms with Gasteiger partial charge >= 0.3 is 12.4 Å². The topological polar surface area (TPSA) is 118 Å². The zero-order chi connectivity index (χ0) is 30.0. The van der Waals surface area contributed by atoms with E-state index < -0.39 is 60.9 Å². The highest BCUT2D eigenvalue weighted by Crippen LogP contribution is 2.43. The Bertz CT molecular complexity index is 1340. The first kappa shape index (κ1) is 30.9. The van der Waals surface area contributed by atoms with Gasteiger partial charge in [-0.2, -0.15) is 31.4 Å². The number of carbonyl (C=O) groups excluding carboxylic acids is 2. The molecule has 9 nitrogen and oxygen atoms in total. The largest absolute Gasteiger partial charge is 0.394 e. The fourth-order valence-corrected chi connectivity index (χ4v) is 3.98. The number of halogens is 6. The van der Waals surface area contributed by atoms with Crippen molar-refractivity contribution in [1.82, 2.24) is 35.4 Å². The SMILES string of the molecule is CC(C)n1ncnc1C(=O)N[C@@H](CC(C)(C)C(F)(F)F)c1nc2cc([C@@H](C)NC(=O)CCC(F)(F)F)ccc2[nH]1. The summed E-state index contributed by atoms with van der Waals surface area (Å²) in [5.74, 6) is -1.52. The maximum Gasteiger partial charge on any atom is 0.394 e. The Kier molecular flexibility index (Phi) is 8.84. The van der Waals surface area contributed by atoms with Crippen LogP contribution in [0.5, 0.6) is 0 Å². The van der Waals surface area contributed by atoms with Gasteiger partial charge < -0.3 is 15.6 Å². The maximum atomic E-state index is 13.8. The van der Waals surface area contributed by atoms with Crippen LogP contribution in [-0.4, -0.2) is 48.9 Å². The molecule has 3 N–H and O–H groups in total. The van der Waals surface area contributed by atoms with Crippen molar-refractivity contribution in [1.29, 1.82) is 0 Å². The Morgan fingerprint density at radius 1 is 1.05 bits per heavy atom. The van der Waals surface area contributed by atoms with Gasteiger partial charge in [-0.05, 0) is 44.9 Å². The highest BCUT2D eigenvalue weighted by molar-refractivity contribution is 5.91. The first-order valence-corrected chi connectivity index (χ1v) is 12.5. The summed E-state index contributed by atoms with van der Waals surface area (Å²) in [5, 5.41) is 9.09. The van der Waals surface area contributed by atoms with Crippen molar-refractivity contribution in [2.45, 2.75) is 84.4 Å². The second-order valence-corrected chi connectivity index (χ2v) is 10.5. The number of rotatable bonds is 10. The smallest absolute Gasteiger partial charge is 0.350 e. The van der Waals surface area contributed by atoms with Crippen LogP contribution in [0, 0.1) is 5.41 Å². The maximum absolute atomic E-state index is 13.8. The Hall–Kier alpha value is -3.65. The van der Waals surface area contributed by atoms with Gasteiger partial charge in [0.15, 0.2) is 0 Å². The molecule has 15 heteroatoms. The lowest BCUT2D eigenvalue weighted by atomic mass is 9.84. The molecule has 0 fully saturated rings. The fraction of sp³-hybridized carbons (Fsp3) is 0.560. The summed E-state index contributed by atoms with van der Waals surface area (Å²) >= 11 is 0. The number of carbonyl (C=O) groups is 2. The van der Waals surface area contributed by atoms with Crippen LogP contribution in [-0.2, 0) is 4.79 Å². The number of aromatic nitrogens is 5. The van der Waals surface area contributed by atoms with Crippen molar-refractivity contribution in [2.75, 3.05) is 0 Å². The minimum absolute atomic E-state index is 0.0651. The molecule has 2 aromatic heterocycles. The predicted molar refractivity (Wildman–Crippen MR) is 133 cm³/mol. The zero-order valence-corrected chi connectivity index (χ0v) is 22.5. The molecule has 40 heavy (non-hydrogen) atoms. The zero-order valence-electron chi connectivity index (χ0n) is 22.5. The third-order valence-corrected chi connectivity index (χ3v) is 6.42. The molecule has 1 aromatic carbocycles. The van der Waals surface area contributed by atoms with Crippen molar-refractivity contribution in [3.8, 4) is 0 Å². The van der Waals surface area contributed by atoms with Crippen LogP contribution in [0.15, 0.2) is 24.5 Å². The van der Waals surface area contributed by atoms with Gasteiger partial charge in [-0.1, -0.05) is 19.9 Å². The Morgan fingerprint density at radius 3 is 2.33 bits per heavy atom. The van der Waals surface area contributed by atoms with Crippen LogP contribution in [0.25, 0.3) is 11.0 Å². The van der Waals surface area contributed by atoms with E-state index in [1.807, 2.05) is 0 Å². The molecule has 3 aromatic rings. The van der Waals surface area contributed by atoms with Crippen molar-refractivity contribution in [2.24, 2.45) is 5.41 Å². The second-order valence-electron chi connectivity index (χ2n) is 10.5. The van der Waals surface area contributed by atoms with Gasteiger partial charge in [0.25, 0.3) is 5.91 Å². The van der Waals surface area contributed by atoms with E-state index >= 15 is 0 Å². The first-order valence-electron chi connectivity index (χ1n) is 12.5. The molecule has 0 unspecified atom stereocenters. The molecule has 0 aliphatic rings. The number of H-pyrrole nitrogens is 1. The average Bonchev–Trinajstić information content (AvgIpc) is 3.48. The van der Waals surface area contributed by atoms with E-state index in [0.717, 1.165) is 13.8 Å². The van der Waals surface area contributed by atoms with Crippen molar-refractivity contribution < 1.29 is 35.9 Å². The number of fused-ring (bicyclic) bond motifs is 1. The molecule has 0 bridgehead atoms. The number of hydrogen-bond donors (Lipinski definition) is 3. The summed E-state index contributed by atoms with van der Waals surface area (Å²) < 4.78 is 80.0. The van der Waals surface area contributed by atoms with Gasteiger partial charge in [0.2, 0.25) is 11.7 Å². The summed E-state index contributed by atoms with van der Waals surface area (Å²) in [7, 11) is 0. The molecule has 2 heterocycles. The lowest BCUT2D eigenvalue weighted by molar-refractivity contribution is -0.215. The van der Waals surface area contributed by atoms with E-state index in [1.54, 1.807) is 39.0 Å². The van der Waals surface area contributed by atoms with E-state index in [2.05, 4.69) is 30.7 Å². The van der Waals surface area contributed by atoms with Gasteiger partial charge in [-0.3, -0.25) is 9.59 Å². The monoisotopic (exact) mass is 575 g/mol. The minimum Gasteiger partial charge on any atom is -0.350 e. The number of amides is 2. The standard InChI is InChI=1S/C25H31F6N7O2/c1-13(2)38-21(32-12-33-38)22(40)37-18(11-23(4,5)25(29,30)31)20-35-16-7-6-15(10-17(16)36-20)14(3)34-19(39)8-9-24(26,27)28/h6-7,10,12-14,18H,8-9,11H2,1-5H3,(H,34,39)(H,35,36)(H,37,40)/t14-,18+/m1/s1. The van der Waals surface area contributed by atoms with Crippen LogP contribution in [0.1, 0.15) is 94.0 Å². The Balaban J connectivity index is 1.89. The van der Waals surface area contributed by atoms with Crippen molar-refractivity contribution >= 4 is 22.8 Å². The van der Waals surface area contributed by atoms with Crippen LogP contribution >= 0.6 is 0 Å². The molecule has 3 rings (SSSR count). The quantitative estimate of drug-likeness (QED) is 0.268. The number of aromatic amines is 1. The number of imidazole rings is 1. The van der Waals surface area contributed by atoms with Gasteiger partial charge in [-0.15, -0.1) is 0 Å². The van der Waals surface area contributed by atoms with Crippen molar-refractivity contribution in [3.05, 3.63) is 41.7 Å². The average molecular weight is 576 g/mol. The van der Waals surface area contributed by atoms with E-state index in [0.29, 0.717) is 16.6 Å². The molecular weight excluding hydrogens is 544 g/mol. The van der Waals surface area contributed by atoms with Crippen LogP contribution in [0.3, 0.4) is 0 Å². The van der Waals surface area contributed by atoms with E-state index in [1.165, 1.54) is 11.0 Å². The van der Waals surface area contributed by atoms with Gasteiger partial charge in [0.05, 0.1) is 35.0 Å². The molecule has 0 saturated heterocycles. The number of nitrogens with zero attached hydrogens (tertiary/aromatic N) is 4. The molecule has 0 radical (unpaired) electrons. The highest BCUT2D eigenvalue weighted by Gasteiger charge is 2.49. The summed E-state index contributed by atoms with van der Waals surface area (Å²) in [5.41, 5.74) is -0.898. The normalized spacial score (nSPS) is 14.4. The summed E-state index contributed by atoms with van der Waals surface area (Å²) in [6.45, 7) is 7.16. The third-order valence-electron chi connectivity index (χ3n) is 6.42. The van der Waals surface area contributed by atoms with Crippen molar-refractivity contribution in [3.63, 3.8) is 0 Å².